The quantitative estimate of drug-likeness (QED) is 0.121. The van der Waals surface area contributed by atoms with Gasteiger partial charge in [0.25, 0.3) is 0 Å². The van der Waals surface area contributed by atoms with Crippen molar-refractivity contribution >= 4 is 5.97 Å². The van der Waals surface area contributed by atoms with E-state index in [0.29, 0.717) is 21.7 Å². The Labute approximate surface area is 370 Å². The third kappa shape index (κ3) is 8.87. The van der Waals surface area contributed by atoms with Gasteiger partial charge in [-0.15, -0.1) is 0 Å². The molecule has 0 aliphatic heterocycles. The maximum Gasteiger partial charge on any atom is 0.330 e. The molecule has 2 unspecified atom stereocenters. The molecule has 6 saturated carbocycles. The number of rotatable bonds is 12. The number of hydrogen-bond acceptors (Lipinski definition) is 3. The van der Waals surface area contributed by atoms with Crippen LogP contribution in [0.3, 0.4) is 0 Å². The van der Waals surface area contributed by atoms with Gasteiger partial charge in [0.2, 0.25) is 0 Å². The molecule has 8 aliphatic rings. The van der Waals surface area contributed by atoms with Crippen molar-refractivity contribution < 1.29 is 14.6 Å². The van der Waals surface area contributed by atoms with Crippen LogP contribution >= 0.6 is 0 Å². The molecule has 16 atom stereocenters. The van der Waals surface area contributed by atoms with E-state index in [1.807, 2.05) is 0 Å². The molecule has 8 aliphatic carbocycles. The van der Waals surface area contributed by atoms with Crippen molar-refractivity contribution in [1.29, 1.82) is 0 Å². The highest BCUT2D eigenvalue weighted by atomic mass is 16.5. The highest BCUT2D eigenvalue weighted by Crippen LogP contribution is 2.69. The Kier molecular flexibility index (Phi) is 14.5. The number of aliphatic hydroxyl groups is 1. The summed E-state index contributed by atoms with van der Waals surface area (Å²) in [6, 6.07) is 0. The fourth-order valence-electron chi connectivity index (χ4n) is 17.6. The molecule has 0 aromatic heterocycles. The first kappa shape index (κ1) is 46.6. The third-order valence-corrected chi connectivity index (χ3v) is 21.0. The van der Waals surface area contributed by atoms with Gasteiger partial charge >= 0.3 is 5.97 Å². The van der Waals surface area contributed by atoms with Crippen LogP contribution in [0.4, 0.5) is 0 Å². The number of fused-ring (bicyclic) bond motifs is 10. The van der Waals surface area contributed by atoms with E-state index in [4.69, 9.17) is 4.74 Å². The molecular formula is C57H94O3. The van der Waals surface area contributed by atoms with E-state index in [1.54, 1.807) is 11.1 Å². The van der Waals surface area contributed by atoms with E-state index in [-0.39, 0.29) is 18.2 Å². The van der Waals surface area contributed by atoms with Crippen LogP contribution in [0.2, 0.25) is 0 Å². The predicted molar refractivity (Wildman–Crippen MR) is 252 cm³/mol. The summed E-state index contributed by atoms with van der Waals surface area (Å²) >= 11 is 0. The molecule has 0 bridgehead atoms. The Morgan fingerprint density at radius 1 is 0.650 bits per heavy atom. The van der Waals surface area contributed by atoms with Gasteiger partial charge in [0, 0.05) is 12.5 Å². The lowest BCUT2D eigenvalue weighted by Gasteiger charge is -2.58. The average molecular weight is 827 g/mol. The maximum atomic E-state index is 11.7. The summed E-state index contributed by atoms with van der Waals surface area (Å²) in [5.41, 5.74) is 5.07. The number of carbonyl (C=O) groups excluding carboxylic acids is 1. The Balaban J connectivity index is 0.000000183. The summed E-state index contributed by atoms with van der Waals surface area (Å²) in [6.45, 7) is 28.6. The van der Waals surface area contributed by atoms with Crippen LogP contribution < -0.4 is 0 Å². The van der Waals surface area contributed by atoms with Gasteiger partial charge in [-0.1, -0.05) is 138 Å². The summed E-state index contributed by atoms with van der Waals surface area (Å²) in [5.74, 6) is 10.4. The second-order valence-electron chi connectivity index (χ2n) is 25.0. The van der Waals surface area contributed by atoms with Crippen molar-refractivity contribution in [2.24, 2.45) is 92.7 Å². The van der Waals surface area contributed by atoms with E-state index >= 15 is 0 Å². The molecule has 0 heterocycles. The molecule has 3 nitrogen and oxygen atoms in total. The van der Waals surface area contributed by atoms with Gasteiger partial charge in [0.1, 0.15) is 6.10 Å². The molecule has 60 heavy (non-hydrogen) atoms. The van der Waals surface area contributed by atoms with Crippen LogP contribution in [0, 0.1) is 92.7 Å². The molecule has 340 valence electrons. The Morgan fingerprint density at radius 2 is 1.12 bits per heavy atom. The van der Waals surface area contributed by atoms with Gasteiger partial charge in [-0.05, 0) is 189 Å². The molecule has 0 amide bonds. The van der Waals surface area contributed by atoms with Gasteiger partial charge in [0.05, 0.1) is 6.10 Å². The van der Waals surface area contributed by atoms with E-state index < -0.39 is 0 Å². The average Bonchev–Trinajstić information content (AvgIpc) is 3.75. The van der Waals surface area contributed by atoms with Crippen LogP contribution in [0.5, 0.6) is 0 Å². The lowest BCUT2D eigenvalue weighted by Crippen LogP contribution is -2.51. The van der Waals surface area contributed by atoms with Crippen molar-refractivity contribution in [2.75, 3.05) is 0 Å². The second-order valence-corrected chi connectivity index (χ2v) is 25.0. The highest BCUT2D eigenvalue weighted by Gasteiger charge is 2.61. The van der Waals surface area contributed by atoms with E-state index in [0.717, 1.165) is 96.7 Å². The van der Waals surface area contributed by atoms with Crippen molar-refractivity contribution in [2.45, 2.75) is 223 Å². The summed E-state index contributed by atoms with van der Waals surface area (Å²) < 4.78 is 5.65. The van der Waals surface area contributed by atoms with Gasteiger partial charge in [-0.25, -0.2) is 4.79 Å². The highest BCUT2D eigenvalue weighted by molar-refractivity contribution is 5.81. The number of hydrogen-bond donors (Lipinski definition) is 1. The molecule has 0 radical (unpaired) electrons. The van der Waals surface area contributed by atoms with Crippen molar-refractivity contribution in [3.8, 4) is 0 Å². The first-order valence-corrected chi connectivity index (χ1v) is 26.3. The summed E-state index contributed by atoms with van der Waals surface area (Å²) in [4.78, 5) is 11.7. The molecule has 8 rings (SSSR count). The first-order chi connectivity index (χ1) is 28.4. The van der Waals surface area contributed by atoms with Gasteiger partial charge in [-0.3, -0.25) is 0 Å². The number of esters is 1. The van der Waals surface area contributed by atoms with Gasteiger partial charge < -0.3 is 9.84 Å². The molecule has 1 N–H and O–H groups in total. The molecule has 3 heteroatoms. The minimum atomic E-state index is -0.263. The van der Waals surface area contributed by atoms with Gasteiger partial charge in [0.15, 0.2) is 0 Å². The second kappa shape index (κ2) is 18.6. The summed E-state index contributed by atoms with van der Waals surface area (Å²) in [5, 5.41) is 10.2. The Hall–Kier alpha value is -1.35. The fourth-order valence-corrected chi connectivity index (χ4v) is 17.6. The van der Waals surface area contributed by atoms with Crippen LogP contribution in [0.1, 0.15) is 210 Å². The zero-order valence-corrected chi connectivity index (χ0v) is 40.8. The summed E-state index contributed by atoms with van der Waals surface area (Å²) in [6.07, 6.45) is 35.4. The van der Waals surface area contributed by atoms with Crippen molar-refractivity contribution in [3.63, 3.8) is 0 Å². The van der Waals surface area contributed by atoms with Crippen LogP contribution in [0.25, 0.3) is 0 Å². The zero-order chi connectivity index (χ0) is 43.2. The maximum absolute atomic E-state index is 11.7. The molecule has 6 fully saturated rings. The van der Waals surface area contributed by atoms with E-state index in [1.165, 1.54) is 122 Å². The lowest BCUT2D eigenvalue weighted by atomic mass is 9.47. The van der Waals surface area contributed by atoms with Crippen LogP contribution in [-0.2, 0) is 9.53 Å². The number of allylic oxidation sites excluding steroid dienone is 2. The normalized spacial score (nSPS) is 44.0. The third-order valence-electron chi connectivity index (χ3n) is 21.0. The molecule has 0 saturated heterocycles. The molecule has 0 aromatic carbocycles. The predicted octanol–water partition coefficient (Wildman–Crippen LogP) is 15.5. The van der Waals surface area contributed by atoms with Crippen LogP contribution in [0.15, 0.2) is 36.0 Å². The lowest BCUT2D eigenvalue weighted by molar-refractivity contribution is -0.145. The number of carbonyl (C=O) groups is 1. The smallest absolute Gasteiger partial charge is 0.330 e. The monoisotopic (exact) mass is 827 g/mol. The first-order valence-electron chi connectivity index (χ1n) is 26.3. The fraction of sp³-hybridized carbons (Fsp3) is 0.877. The summed E-state index contributed by atoms with van der Waals surface area (Å²) in [7, 11) is 0. The van der Waals surface area contributed by atoms with E-state index in [9.17, 15) is 9.90 Å². The minimum absolute atomic E-state index is 0.0489. The Morgan fingerprint density at radius 3 is 1.58 bits per heavy atom. The standard InChI is InChI=1S/C30H48O2.C27H46O/c1-7-28(31)32-23-15-17-29(5)22(19-23)11-12-24-26-14-13-25(21(4)10-8-9-20(2)3)30(26,6)18-16-27(24)29;1-18(2)7-6-8-19(3)23-11-12-24-22-10-9-20-17-21(28)13-15-26(20,4)25(22)14-16-27(23,24)5/h7,11,20-21,23-27H,1,8-10,12-19H2,2-6H3;9,18-19,21-25,28H,6-8,10-17H2,1-5H3/t21-,23+,24?,25-,26+,27+,29+,30-;19-,21+,22?,23-,24+,25+,26+,27-/m11/s1. The SMILES string of the molecule is C=CC(=O)O[C@H]1CC[C@@]2(C)C(=CCC3[C@@H]4CC[C@H]([C@H](C)CCCC(C)C)[C@@]4(C)CC[C@@H]32)C1.CC(C)CCC[C@@H](C)[C@H]1CC[C@H]2C3CC=C4C[C@@H](O)CC[C@]4(C)[C@H]3CC[C@]12C. The minimum Gasteiger partial charge on any atom is -0.459 e. The zero-order valence-electron chi connectivity index (χ0n) is 40.8. The van der Waals surface area contributed by atoms with Crippen LogP contribution in [-0.4, -0.2) is 23.3 Å². The van der Waals surface area contributed by atoms with Crippen molar-refractivity contribution in [1.82, 2.24) is 0 Å². The Bertz CT molecular complexity index is 1550. The molecular weight excluding hydrogens is 733 g/mol. The van der Waals surface area contributed by atoms with Crippen molar-refractivity contribution in [3.05, 3.63) is 36.0 Å². The van der Waals surface area contributed by atoms with Gasteiger partial charge in [-0.2, -0.15) is 0 Å². The largest absolute Gasteiger partial charge is 0.459 e. The topological polar surface area (TPSA) is 46.5 Å². The number of ether oxygens (including phenoxy) is 1. The number of aliphatic hydroxyl groups excluding tert-OH is 1. The molecule has 0 aromatic rings. The molecule has 0 spiro atoms. The van der Waals surface area contributed by atoms with E-state index in [2.05, 4.69) is 88.0 Å².